The molecule has 0 aliphatic carbocycles. The maximum atomic E-state index is 10.2. The average Bonchev–Trinajstić information content (AvgIpc) is 2.47. The SMILES string of the molecule is CCCCCCCC/C=C/CCCCCCC(O)C=O. The Balaban J connectivity index is 3.10. The summed E-state index contributed by atoms with van der Waals surface area (Å²) in [5, 5.41) is 9.07. The highest BCUT2D eigenvalue weighted by Crippen LogP contribution is 2.09. The van der Waals surface area contributed by atoms with Crippen molar-refractivity contribution in [3.8, 4) is 0 Å². The molecule has 0 rings (SSSR count). The van der Waals surface area contributed by atoms with E-state index in [1.54, 1.807) is 0 Å². The van der Waals surface area contributed by atoms with Crippen LogP contribution in [-0.2, 0) is 4.79 Å². The van der Waals surface area contributed by atoms with Crippen molar-refractivity contribution in [1.82, 2.24) is 0 Å². The van der Waals surface area contributed by atoms with Gasteiger partial charge in [-0.05, 0) is 32.1 Å². The predicted octanol–water partition coefficient (Wildman–Crippen LogP) is 5.19. The van der Waals surface area contributed by atoms with Crippen LogP contribution in [0.25, 0.3) is 0 Å². The van der Waals surface area contributed by atoms with E-state index in [-0.39, 0.29) is 0 Å². The molecule has 0 saturated carbocycles. The molecule has 1 atom stereocenters. The molecule has 0 aromatic heterocycles. The van der Waals surface area contributed by atoms with Crippen LogP contribution in [-0.4, -0.2) is 17.5 Å². The van der Waals surface area contributed by atoms with Gasteiger partial charge in [-0.15, -0.1) is 0 Å². The lowest BCUT2D eigenvalue weighted by Crippen LogP contribution is -2.06. The van der Waals surface area contributed by atoms with Gasteiger partial charge in [-0.2, -0.15) is 0 Å². The molecule has 0 heterocycles. The van der Waals surface area contributed by atoms with Crippen LogP contribution in [0.3, 0.4) is 0 Å². The molecule has 0 radical (unpaired) electrons. The van der Waals surface area contributed by atoms with Gasteiger partial charge in [-0.1, -0.05) is 70.4 Å². The Morgan fingerprint density at radius 1 is 0.800 bits per heavy atom. The molecule has 0 spiro atoms. The third-order valence-corrected chi connectivity index (χ3v) is 3.67. The second-order valence-corrected chi connectivity index (χ2v) is 5.72. The van der Waals surface area contributed by atoms with Crippen LogP contribution in [0.4, 0.5) is 0 Å². The molecule has 0 amide bonds. The van der Waals surface area contributed by atoms with E-state index in [1.807, 2.05) is 0 Å². The maximum Gasteiger partial charge on any atom is 0.148 e. The van der Waals surface area contributed by atoms with Crippen LogP contribution < -0.4 is 0 Å². The van der Waals surface area contributed by atoms with E-state index in [0.717, 1.165) is 12.8 Å². The zero-order valence-electron chi connectivity index (χ0n) is 13.4. The smallest absolute Gasteiger partial charge is 0.148 e. The standard InChI is InChI=1S/C18H34O2/c1-2-3-4-5-6-7-8-9-10-11-12-13-14-15-16-18(20)17-19/h9-10,17-18,20H,2-8,11-16H2,1H3/b10-9+. The minimum Gasteiger partial charge on any atom is -0.386 e. The molecule has 0 aromatic rings. The van der Waals surface area contributed by atoms with E-state index in [0.29, 0.717) is 12.7 Å². The van der Waals surface area contributed by atoms with Crippen LogP contribution in [0.2, 0.25) is 0 Å². The van der Waals surface area contributed by atoms with Crippen LogP contribution in [0.5, 0.6) is 0 Å². The fraction of sp³-hybridized carbons (Fsp3) is 0.833. The fourth-order valence-corrected chi connectivity index (χ4v) is 2.32. The van der Waals surface area contributed by atoms with Crippen LogP contribution >= 0.6 is 0 Å². The molecule has 0 fully saturated rings. The molecule has 2 heteroatoms. The summed E-state index contributed by atoms with van der Waals surface area (Å²) in [7, 11) is 0. The zero-order chi connectivity index (χ0) is 14.9. The number of unbranched alkanes of at least 4 members (excludes halogenated alkanes) is 10. The van der Waals surface area contributed by atoms with E-state index in [4.69, 9.17) is 5.11 Å². The van der Waals surface area contributed by atoms with Gasteiger partial charge in [0.25, 0.3) is 0 Å². The van der Waals surface area contributed by atoms with Crippen molar-refractivity contribution in [3.05, 3.63) is 12.2 Å². The van der Waals surface area contributed by atoms with Crippen LogP contribution in [0.15, 0.2) is 12.2 Å². The lowest BCUT2D eigenvalue weighted by molar-refractivity contribution is -0.115. The molecule has 1 unspecified atom stereocenters. The minimum atomic E-state index is -0.743. The van der Waals surface area contributed by atoms with E-state index >= 15 is 0 Å². The first-order valence-corrected chi connectivity index (χ1v) is 8.59. The number of hydrogen-bond acceptors (Lipinski definition) is 2. The van der Waals surface area contributed by atoms with Gasteiger partial charge in [0.1, 0.15) is 12.4 Å². The van der Waals surface area contributed by atoms with Gasteiger partial charge in [-0.25, -0.2) is 0 Å². The molecule has 0 aromatic carbocycles. The highest BCUT2D eigenvalue weighted by molar-refractivity contribution is 5.55. The molecule has 2 nitrogen and oxygen atoms in total. The second kappa shape index (κ2) is 16.4. The van der Waals surface area contributed by atoms with Crippen molar-refractivity contribution >= 4 is 6.29 Å². The number of aliphatic hydroxyl groups is 1. The molecule has 0 bridgehead atoms. The summed E-state index contributed by atoms with van der Waals surface area (Å²) in [4.78, 5) is 10.2. The Bertz CT molecular complexity index is 223. The zero-order valence-corrected chi connectivity index (χ0v) is 13.4. The Hall–Kier alpha value is -0.630. The Labute approximate surface area is 125 Å². The predicted molar refractivity (Wildman–Crippen MR) is 86.9 cm³/mol. The number of aliphatic hydroxyl groups excluding tert-OH is 1. The molecular weight excluding hydrogens is 248 g/mol. The summed E-state index contributed by atoms with van der Waals surface area (Å²) < 4.78 is 0. The third kappa shape index (κ3) is 15.4. The summed E-state index contributed by atoms with van der Waals surface area (Å²) in [5.74, 6) is 0. The molecule has 118 valence electrons. The molecular formula is C18H34O2. The number of carbonyl (C=O) groups is 1. The van der Waals surface area contributed by atoms with E-state index in [2.05, 4.69) is 19.1 Å². The highest BCUT2D eigenvalue weighted by Gasteiger charge is 1.99. The number of rotatable bonds is 15. The molecule has 1 N–H and O–H groups in total. The van der Waals surface area contributed by atoms with Gasteiger partial charge >= 0.3 is 0 Å². The van der Waals surface area contributed by atoms with Crippen molar-refractivity contribution in [1.29, 1.82) is 0 Å². The normalized spacial score (nSPS) is 12.9. The third-order valence-electron chi connectivity index (χ3n) is 3.67. The minimum absolute atomic E-state index is 0.622. The molecule has 20 heavy (non-hydrogen) atoms. The quantitative estimate of drug-likeness (QED) is 0.255. The fourth-order valence-electron chi connectivity index (χ4n) is 2.32. The van der Waals surface area contributed by atoms with Crippen LogP contribution in [0.1, 0.15) is 90.4 Å². The summed E-state index contributed by atoms with van der Waals surface area (Å²) in [5.41, 5.74) is 0. The van der Waals surface area contributed by atoms with Crippen molar-refractivity contribution in [3.63, 3.8) is 0 Å². The lowest BCUT2D eigenvalue weighted by atomic mass is 10.1. The van der Waals surface area contributed by atoms with Crippen molar-refractivity contribution in [2.75, 3.05) is 0 Å². The number of aldehydes is 1. The topological polar surface area (TPSA) is 37.3 Å². The monoisotopic (exact) mass is 282 g/mol. The number of hydrogen-bond donors (Lipinski definition) is 1. The highest BCUT2D eigenvalue weighted by atomic mass is 16.3. The Kier molecular flexibility index (Phi) is 15.9. The number of carbonyl (C=O) groups excluding carboxylic acids is 1. The van der Waals surface area contributed by atoms with Crippen LogP contribution in [0, 0.1) is 0 Å². The molecule has 0 aliphatic rings. The van der Waals surface area contributed by atoms with Gasteiger partial charge in [0, 0.05) is 0 Å². The van der Waals surface area contributed by atoms with E-state index in [1.165, 1.54) is 64.2 Å². The Morgan fingerprint density at radius 2 is 1.30 bits per heavy atom. The Morgan fingerprint density at radius 3 is 1.85 bits per heavy atom. The van der Waals surface area contributed by atoms with E-state index < -0.39 is 6.10 Å². The largest absolute Gasteiger partial charge is 0.386 e. The summed E-state index contributed by atoms with van der Waals surface area (Å²) in [6.07, 6.45) is 20.3. The second-order valence-electron chi connectivity index (χ2n) is 5.72. The summed E-state index contributed by atoms with van der Waals surface area (Å²) in [6, 6.07) is 0. The first-order chi connectivity index (χ1) is 9.81. The summed E-state index contributed by atoms with van der Waals surface area (Å²) >= 11 is 0. The summed E-state index contributed by atoms with van der Waals surface area (Å²) in [6.45, 7) is 2.26. The van der Waals surface area contributed by atoms with Crippen molar-refractivity contribution < 1.29 is 9.90 Å². The molecule has 0 aliphatic heterocycles. The first-order valence-electron chi connectivity index (χ1n) is 8.59. The van der Waals surface area contributed by atoms with Crippen molar-refractivity contribution in [2.45, 2.75) is 96.5 Å². The average molecular weight is 282 g/mol. The van der Waals surface area contributed by atoms with E-state index in [9.17, 15) is 4.79 Å². The van der Waals surface area contributed by atoms with Gasteiger partial charge < -0.3 is 9.90 Å². The van der Waals surface area contributed by atoms with Gasteiger partial charge in [0.15, 0.2) is 0 Å². The van der Waals surface area contributed by atoms with Gasteiger partial charge in [-0.3, -0.25) is 0 Å². The first kappa shape index (κ1) is 19.4. The maximum absolute atomic E-state index is 10.2. The van der Waals surface area contributed by atoms with Gasteiger partial charge in [0.2, 0.25) is 0 Å². The number of allylic oxidation sites excluding steroid dienone is 2. The molecule has 0 saturated heterocycles. The van der Waals surface area contributed by atoms with Crippen molar-refractivity contribution in [2.24, 2.45) is 0 Å². The lowest BCUT2D eigenvalue weighted by Gasteiger charge is -2.02. The van der Waals surface area contributed by atoms with Gasteiger partial charge in [0.05, 0.1) is 0 Å².